The number of nitrogens with two attached hydrogens (primary N) is 1. The van der Waals surface area contributed by atoms with E-state index in [1.54, 1.807) is 13.0 Å². The third-order valence-corrected chi connectivity index (χ3v) is 2.71. The molecule has 1 amide bonds. The number of benzene rings is 1. The molecule has 1 aromatic rings. The normalized spacial score (nSPS) is 12.2. The minimum absolute atomic E-state index is 0.00760. The standard InChI is InChI=1S/C13H19FN2O/c1-3-10(6-7-15)16-13(17)11-5-4-9(2)8-12(11)14/h4-5,8,10H,3,6-7,15H2,1-2H3,(H,16,17). The van der Waals surface area contributed by atoms with Crippen LogP contribution < -0.4 is 11.1 Å². The summed E-state index contributed by atoms with van der Waals surface area (Å²) in [5.74, 6) is -0.854. The summed E-state index contributed by atoms with van der Waals surface area (Å²) in [5.41, 5.74) is 6.33. The van der Waals surface area contributed by atoms with Crippen molar-refractivity contribution < 1.29 is 9.18 Å². The third kappa shape index (κ3) is 3.82. The first-order chi connectivity index (χ1) is 8.08. The highest BCUT2D eigenvalue weighted by molar-refractivity contribution is 5.94. The second-order valence-corrected chi connectivity index (χ2v) is 4.14. The first kappa shape index (κ1) is 13.6. The van der Waals surface area contributed by atoms with Gasteiger partial charge in [0.2, 0.25) is 0 Å². The van der Waals surface area contributed by atoms with E-state index in [9.17, 15) is 9.18 Å². The molecule has 0 fully saturated rings. The van der Waals surface area contributed by atoms with Crippen molar-refractivity contribution in [3.63, 3.8) is 0 Å². The average molecular weight is 238 g/mol. The van der Waals surface area contributed by atoms with Crippen LogP contribution >= 0.6 is 0 Å². The Morgan fingerprint density at radius 3 is 2.76 bits per heavy atom. The van der Waals surface area contributed by atoms with Crippen molar-refractivity contribution in [1.29, 1.82) is 0 Å². The molecule has 1 aromatic carbocycles. The fourth-order valence-electron chi connectivity index (χ4n) is 1.65. The molecule has 0 aliphatic heterocycles. The summed E-state index contributed by atoms with van der Waals surface area (Å²) in [6.07, 6.45) is 1.49. The number of carbonyl (C=O) groups excluding carboxylic acids is 1. The molecule has 1 unspecified atom stereocenters. The number of hydrogen-bond acceptors (Lipinski definition) is 2. The van der Waals surface area contributed by atoms with Gasteiger partial charge in [0, 0.05) is 6.04 Å². The number of nitrogens with one attached hydrogen (secondary N) is 1. The zero-order chi connectivity index (χ0) is 12.8. The van der Waals surface area contributed by atoms with Gasteiger partial charge in [-0.25, -0.2) is 4.39 Å². The summed E-state index contributed by atoms with van der Waals surface area (Å²) in [4.78, 5) is 11.8. The molecular formula is C13H19FN2O. The van der Waals surface area contributed by atoms with Gasteiger partial charge in [0.05, 0.1) is 5.56 Å². The van der Waals surface area contributed by atoms with Crippen LogP contribution in [0.2, 0.25) is 0 Å². The van der Waals surface area contributed by atoms with Gasteiger partial charge in [0.1, 0.15) is 5.82 Å². The molecule has 0 aliphatic carbocycles. The van der Waals surface area contributed by atoms with E-state index >= 15 is 0 Å². The number of hydrogen-bond donors (Lipinski definition) is 2. The Labute approximate surface area is 101 Å². The molecule has 0 saturated carbocycles. The minimum Gasteiger partial charge on any atom is -0.349 e. The monoisotopic (exact) mass is 238 g/mol. The van der Waals surface area contributed by atoms with Crippen LogP contribution in [0.15, 0.2) is 18.2 Å². The Balaban J connectivity index is 2.75. The maximum absolute atomic E-state index is 13.6. The van der Waals surface area contributed by atoms with E-state index in [0.717, 1.165) is 12.0 Å². The van der Waals surface area contributed by atoms with Gasteiger partial charge >= 0.3 is 0 Å². The lowest BCUT2D eigenvalue weighted by Crippen LogP contribution is -2.36. The number of carbonyl (C=O) groups is 1. The van der Waals surface area contributed by atoms with E-state index in [1.165, 1.54) is 12.1 Å². The molecule has 1 rings (SSSR count). The van der Waals surface area contributed by atoms with Crippen LogP contribution in [-0.2, 0) is 0 Å². The highest BCUT2D eigenvalue weighted by atomic mass is 19.1. The largest absolute Gasteiger partial charge is 0.349 e. The lowest BCUT2D eigenvalue weighted by Gasteiger charge is -2.16. The van der Waals surface area contributed by atoms with Crippen LogP contribution in [0.5, 0.6) is 0 Å². The molecule has 0 bridgehead atoms. The highest BCUT2D eigenvalue weighted by Gasteiger charge is 2.14. The Kier molecular flexibility index (Phi) is 5.10. The van der Waals surface area contributed by atoms with Crippen LogP contribution in [0.1, 0.15) is 35.7 Å². The van der Waals surface area contributed by atoms with Gasteiger partial charge < -0.3 is 11.1 Å². The van der Waals surface area contributed by atoms with Crippen LogP contribution in [0.4, 0.5) is 4.39 Å². The topological polar surface area (TPSA) is 55.1 Å². The molecule has 3 nitrogen and oxygen atoms in total. The second-order valence-electron chi connectivity index (χ2n) is 4.14. The minimum atomic E-state index is -0.481. The van der Waals surface area contributed by atoms with Crippen LogP contribution in [-0.4, -0.2) is 18.5 Å². The van der Waals surface area contributed by atoms with Gasteiger partial charge in [-0.15, -0.1) is 0 Å². The quantitative estimate of drug-likeness (QED) is 0.824. The molecule has 0 spiro atoms. The van der Waals surface area contributed by atoms with Crippen molar-refractivity contribution in [1.82, 2.24) is 5.32 Å². The maximum Gasteiger partial charge on any atom is 0.254 e. The van der Waals surface area contributed by atoms with Gasteiger partial charge in [-0.3, -0.25) is 4.79 Å². The van der Waals surface area contributed by atoms with Crippen LogP contribution in [0.3, 0.4) is 0 Å². The van der Waals surface area contributed by atoms with Gasteiger partial charge in [0.15, 0.2) is 0 Å². The maximum atomic E-state index is 13.6. The molecule has 0 aliphatic rings. The van der Waals surface area contributed by atoms with E-state index in [-0.39, 0.29) is 17.5 Å². The summed E-state index contributed by atoms with van der Waals surface area (Å²) in [6, 6.07) is 4.60. The fourth-order valence-corrected chi connectivity index (χ4v) is 1.65. The summed E-state index contributed by atoms with van der Waals surface area (Å²) in [5, 5.41) is 2.79. The van der Waals surface area contributed by atoms with E-state index < -0.39 is 5.82 Å². The molecule has 0 radical (unpaired) electrons. The molecular weight excluding hydrogens is 219 g/mol. The fraction of sp³-hybridized carbons (Fsp3) is 0.462. The Morgan fingerprint density at radius 2 is 2.24 bits per heavy atom. The van der Waals surface area contributed by atoms with E-state index in [0.29, 0.717) is 13.0 Å². The Bertz CT molecular complexity index is 393. The van der Waals surface area contributed by atoms with Crippen LogP contribution in [0.25, 0.3) is 0 Å². The summed E-state index contributed by atoms with van der Waals surface area (Å²) in [7, 11) is 0. The predicted molar refractivity (Wildman–Crippen MR) is 66.4 cm³/mol. The number of rotatable bonds is 5. The molecule has 4 heteroatoms. The third-order valence-electron chi connectivity index (χ3n) is 2.71. The van der Waals surface area contributed by atoms with E-state index in [2.05, 4.69) is 5.32 Å². The van der Waals surface area contributed by atoms with Crippen molar-refractivity contribution in [3.8, 4) is 0 Å². The summed E-state index contributed by atoms with van der Waals surface area (Å²) < 4.78 is 13.6. The summed E-state index contributed by atoms with van der Waals surface area (Å²) >= 11 is 0. The van der Waals surface area contributed by atoms with E-state index in [4.69, 9.17) is 5.73 Å². The van der Waals surface area contributed by atoms with E-state index in [1.807, 2.05) is 6.92 Å². The van der Waals surface area contributed by atoms with Gasteiger partial charge in [-0.05, 0) is 44.0 Å². The molecule has 17 heavy (non-hydrogen) atoms. The van der Waals surface area contributed by atoms with Crippen molar-refractivity contribution in [3.05, 3.63) is 35.1 Å². The highest BCUT2D eigenvalue weighted by Crippen LogP contribution is 2.10. The lowest BCUT2D eigenvalue weighted by molar-refractivity contribution is 0.0930. The molecule has 94 valence electrons. The van der Waals surface area contributed by atoms with Crippen molar-refractivity contribution >= 4 is 5.91 Å². The summed E-state index contributed by atoms with van der Waals surface area (Å²) in [6.45, 7) is 4.26. The average Bonchev–Trinajstić information content (AvgIpc) is 2.28. The number of aryl methyl sites for hydroxylation is 1. The zero-order valence-corrected chi connectivity index (χ0v) is 10.3. The molecule has 1 atom stereocenters. The molecule has 0 saturated heterocycles. The second kappa shape index (κ2) is 6.35. The Hall–Kier alpha value is -1.42. The van der Waals surface area contributed by atoms with Crippen molar-refractivity contribution in [2.75, 3.05) is 6.54 Å². The van der Waals surface area contributed by atoms with Crippen LogP contribution in [0, 0.1) is 12.7 Å². The zero-order valence-electron chi connectivity index (χ0n) is 10.3. The molecule has 0 aromatic heterocycles. The van der Waals surface area contributed by atoms with Crippen molar-refractivity contribution in [2.24, 2.45) is 5.73 Å². The van der Waals surface area contributed by atoms with Gasteiger partial charge in [-0.1, -0.05) is 13.0 Å². The first-order valence-electron chi connectivity index (χ1n) is 5.85. The first-order valence-corrected chi connectivity index (χ1v) is 5.85. The van der Waals surface area contributed by atoms with Gasteiger partial charge in [-0.2, -0.15) is 0 Å². The number of halogens is 1. The predicted octanol–water partition coefficient (Wildman–Crippen LogP) is 1.99. The lowest BCUT2D eigenvalue weighted by atomic mass is 10.1. The smallest absolute Gasteiger partial charge is 0.254 e. The SMILES string of the molecule is CCC(CCN)NC(=O)c1ccc(C)cc1F. The molecule has 3 N–H and O–H groups in total. The van der Waals surface area contributed by atoms with Crippen molar-refractivity contribution in [2.45, 2.75) is 32.7 Å². The number of amides is 1. The Morgan fingerprint density at radius 1 is 1.53 bits per heavy atom. The molecule has 0 heterocycles. The van der Waals surface area contributed by atoms with Gasteiger partial charge in [0.25, 0.3) is 5.91 Å².